The highest BCUT2D eigenvalue weighted by atomic mass is 19.1. The minimum absolute atomic E-state index is 0.119. The number of aliphatic hydroxyl groups is 1. The summed E-state index contributed by atoms with van der Waals surface area (Å²) in [7, 11) is 2.99. The zero-order valence-electron chi connectivity index (χ0n) is 21.5. The van der Waals surface area contributed by atoms with Gasteiger partial charge in [0.15, 0.2) is 0 Å². The van der Waals surface area contributed by atoms with Crippen LogP contribution in [0.3, 0.4) is 0 Å². The Labute approximate surface area is 226 Å². The van der Waals surface area contributed by atoms with E-state index in [2.05, 4.69) is 15.3 Å². The van der Waals surface area contributed by atoms with E-state index in [4.69, 9.17) is 4.74 Å². The topological polar surface area (TPSA) is 116 Å². The summed E-state index contributed by atoms with van der Waals surface area (Å²) in [6, 6.07) is 15.1. The van der Waals surface area contributed by atoms with E-state index >= 15 is 4.39 Å². The number of methoxy groups -OCH3 is 1. The predicted molar refractivity (Wildman–Crippen MR) is 149 cm³/mol. The van der Waals surface area contributed by atoms with Crippen molar-refractivity contribution >= 4 is 27.9 Å². The molecule has 0 spiro atoms. The fraction of sp³-hybridized carbons (Fsp3) is 0.103. The van der Waals surface area contributed by atoms with Gasteiger partial charge in [0.05, 0.1) is 24.9 Å². The smallest absolute Gasteiger partial charge is 0.318 e. The largest absolute Gasteiger partial charge is 0.467 e. The normalized spacial score (nSPS) is 11.3. The molecule has 0 radical (unpaired) electrons. The Hall–Kier alpha value is -5.29. The number of nitrogens with one attached hydrogen (secondary N) is 1. The Kier molecular flexibility index (Phi) is 6.12. The Morgan fingerprint density at radius 3 is 2.65 bits per heavy atom. The Morgan fingerprint density at radius 2 is 1.85 bits per heavy atom. The number of ether oxygens (including phenoxy) is 1. The molecule has 0 aliphatic carbocycles. The van der Waals surface area contributed by atoms with E-state index < -0.39 is 12.4 Å². The molecule has 0 aliphatic heterocycles. The second-order valence-corrected chi connectivity index (χ2v) is 9.15. The van der Waals surface area contributed by atoms with Gasteiger partial charge in [-0.2, -0.15) is 4.98 Å². The Morgan fingerprint density at radius 1 is 1.02 bits per heavy atom. The van der Waals surface area contributed by atoms with Crippen LogP contribution in [-0.2, 0) is 13.7 Å². The first kappa shape index (κ1) is 25.0. The van der Waals surface area contributed by atoms with E-state index in [0.717, 1.165) is 10.9 Å². The van der Waals surface area contributed by atoms with Crippen molar-refractivity contribution in [2.24, 2.45) is 7.05 Å². The number of rotatable bonds is 6. The van der Waals surface area contributed by atoms with Crippen molar-refractivity contribution in [3.63, 3.8) is 0 Å². The van der Waals surface area contributed by atoms with Crippen LogP contribution in [0.15, 0.2) is 89.0 Å². The first-order chi connectivity index (χ1) is 19.4. The summed E-state index contributed by atoms with van der Waals surface area (Å²) in [4.78, 5) is 34.7. The number of aliphatic hydroxyl groups excluding tert-OH is 1. The Balaban J connectivity index is 1.52. The van der Waals surface area contributed by atoms with E-state index in [1.807, 2.05) is 24.3 Å². The van der Waals surface area contributed by atoms with Gasteiger partial charge in [0.1, 0.15) is 22.8 Å². The van der Waals surface area contributed by atoms with Crippen molar-refractivity contribution in [3.8, 4) is 22.8 Å². The van der Waals surface area contributed by atoms with Gasteiger partial charge in [-0.1, -0.05) is 18.2 Å². The zero-order chi connectivity index (χ0) is 28.0. The van der Waals surface area contributed by atoms with Crippen LogP contribution < -0.4 is 21.2 Å². The van der Waals surface area contributed by atoms with Gasteiger partial charge in [0, 0.05) is 48.3 Å². The zero-order valence-corrected chi connectivity index (χ0v) is 21.5. The summed E-state index contributed by atoms with van der Waals surface area (Å²) < 4.78 is 24.6. The van der Waals surface area contributed by atoms with E-state index in [-0.39, 0.29) is 28.5 Å². The summed E-state index contributed by atoms with van der Waals surface area (Å²) in [6.45, 7) is -0.486. The number of halogens is 1. The van der Waals surface area contributed by atoms with Gasteiger partial charge < -0.3 is 24.1 Å². The number of aryl methyl sites for hydroxylation is 1. The molecule has 6 aromatic rings. The quantitative estimate of drug-likeness (QED) is 0.332. The second-order valence-electron chi connectivity index (χ2n) is 9.15. The number of fused-ring (bicyclic) bond motifs is 3. The summed E-state index contributed by atoms with van der Waals surface area (Å²) in [5, 5.41) is 14.3. The van der Waals surface area contributed by atoms with E-state index in [1.54, 1.807) is 42.0 Å². The van der Waals surface area contributed by atoms with Crippen molar-refractivity contribution in [1.82, 2.24) is 23.5 Å². The molecule has 40 heavy (non-hydrogen) atoms. The van der Waals surface area contributed by atoms with Gasteiger partial charge in [-0.25, -0.2) is 9.37 Å². The lowest BCUT2D eigenvalue weighted by molar-refractivity contribution is 0.282. The van der Waals surface area contributed by atoms with Crippen molar-refractivity contribution in [3.05, 3.63) is 111 Å². The van der Waals surface area contributed by atoms with Crippen LogP contribution in [0.1, 0.15) is 5.56 Å². The summed E-state index contributed by atoms with van der Waals surface area (Å²) in [6.07, 6.45) is 6.30. The molecule has 0 saturated carbocycles. The van der Waals surface area contributed by atoms with Gasteiger partial charge in [0.2, 0.25) is 0 Å². The third-order valence-electron chi connectivity index (χ3n) is 6.73. The van der Waals surface area contributed by atoms with Crippen molar-refractivity contribution in [2.75, 3.05) is 12.4 Å². The van der Waals surface area contributed by atoms with Crippen LogP contribution in [0.25, 0.3) is 33.2 Å². The number of aromatic nitrogens is 5. The van der Waals surface area contributed by atoms with Crippen molar-refractivity contribution in [2.45, 2.75) is 6.61 Å². The summed E-state index contributed by atoms with van der Waals surface area (Å²) in [5.74, 6) is -0.290. The third kappa shape index (κ3) is 4.18. The molecule has 0 aliphatic rings. The number of hydrogen-bond acceptors (Lipinski definition) is 7. The molecule has 6 rings (SSSR count). The molecular weight excluding hydrogens is 515 g/mol. The van der Waals surface area contributed by atoms with Gasteiger partial charge >= 0.3 is 6.01 Å². The fourth-order valence-corrected chi connectivity index (χ4v) is 4.87. The lowest BCUT2D eigenvalue weighted by Crippen LogP contribution is -2.22. The summed E-state index contributed by atoms with van der Waals surface area (Å²) in [5.41, 5.74) is 1.99. The summed E-state index contributed by atoms with van der Waals surface area (Å²) >= 11 is 0. The van der Waals surface area contributed by atoms with E-state index in [1.165, 1.54) is 40.8 Å². The van der Waals surface area contributed by atoms with Crippen molar-refractivity contribution < 1.29 is 14.2 Å². The molecule has 0 saturated heterocycles. The van der Waals surface area contributed by atoms with Crippen LogP contribution in [0.4, 0.5) is 15.9 Å². The molecule has 4 aromatic heterocycles. The number of anilines is 2. The Bertz CT molecular complexity index is 2050. The van der Waals surface area contributed by atoms with Crippen LogP contribution in [0, 0.1) is 5.82 Å². The van der Waals surface area contributed by atoms with Crippen LogP contribution >= 0.6 is 0 Å². The molecule has 0 amide bonds. The van der Waals surface area contributed by atoms with E-state index in [0.29, 0.717) is 28.0 Å². The highest BCUT2D eigenvalue weighted by Crippen LogP contribution is 2.31. The maximum Gasteiger partial charge on any atom is 0.318 e. The SMILES string of the molecule is COc1nccc(Nc2cc(-c3cc(F)cc(-n4ccn5c(cc6ccccc65)c4=O)c3CO)cn(C)c2=O)n1. The molecule has 0 unspecified atom stereocenters. The average Bonchev–Trinajstić information content (AvgIpc) is 3.35. The number of pyridine rings is 1. The van der Waals surface area contributed by atoms with Gasteiger partial charge in [-0.15, -0.1) is 0 Å². The standard InChI is InChI=1S/C29H23FN6O4/c1-34-15-18(11-22(27(34)38)32-26-7-8-31-29(33-26)40-2)20-13-19(30)14-24(21(20)16-37)36-10-9-35-23-6-4-3-5-17(23)12-25(35)28(36)39/h3-15,37H,16H2,1-2H3,(H,31,32,33). The molecule has 0 atom stereocenters. The highest BCUT2D eigenvalue weighted by molar-refractivity contribution is 5.87. The monoisotopic (exact) mass is 538 g/mol. The third-order valence-corrected chi connectivity index (χ3v) is 6.73. The molecule has 0 fully saturated rings. The van der Waals surface area contributed by atoms with Crippen LogP contribution in [0.2, 0.25) is 0 Å². The highest BCUT2D eigenvalue weighted by Gasteiger charge is 2.18. The first-order valence-corrected chi connectivity index (χ1v) is 12.3. The lowest BCUT2D eigenvalue weighted by atomic mass is 9.98. The maximum absolute atomic E-state index is 15.1. The van der Waals surface area contributed by atoms with Gasteiger partial charge in [-0.05, 0) is 42.0 Å². The molecule has 200 valence electrons. The molecular formula is C29H23FN6O4. The second kappa shape index (κ2) is 9.79. The maximum atomic E-state index is 15.1. The number of benzene rings is 2. The average molecular weight is 539 g/mol. The predicted octanol–water partition coefficient (Wildman–Crippen LogP) is 3.78. The molecule has 10 nitrogen and oxygen atoms in total. The van der Waals surface area contributed by atoms with Gasteiger partial charge in [-0.3, -0.25) is 14.2 Å². The lowest BCUT2D eigenvalue weighted by Gasteiger charge is -2.17. The minimum Gasteiger partial charge on any atom is -0.467 e. The van der Waals surface area contributed by atoms with Crippen LogP contribution in [0.5, 0.6) is 6.01 Å². The van der Waals surface area contributed by atoms with Crippen molar-refractivity contribution in [1.29, 1.82) is 0 Å². The number of para-hydroxylation sites is 1. The fourth-order valence-electron chi connectivity index (χ4n) is 4.87. The molecule has 2 N–H and O–H groups in total. The molecule has 0 bridgehead atoms. The minimum atomic E-state index is -0.613. The molecule has 2 aromatic carbocycles. The number of nitrogens with zero attached hydrogens (tertiary/aromatic N) is 5. The number of hydrogen-bond donors (Lipinski definition) is 2. The van der Waals surface area contributed by atoms with Crippen LogP contribution in [-0.4, -0.2) is 35.7 Å². The first-order valence-electron chi connectivity index (χ1n) is 12.3. The molecule has 4 heterocycles. The van der Waals surface area contributed by atoms with E-state index in [9.17, 15) is 14.7 Å². The molecule has 11 heteroatoms. The van der Waals surface area contributed by atoms with Gasteiger partial charge in [0.25, 0.3) is 11.1 Å².